The number of anilines is 1. The Kier molecular flexibility index (Phi) is 9.46. The van der Waals surface area contributed by atoms with E-state index in [0.717, 1.165) is 28.5 Å². The Balaban J connectivity index is 0.994. The highest BCUT2D eigenvalue weighted by Gasteiger charge is 2.46. The first-order valence-corrected chi connectivity index (χ1v) is 16.8. The molecule has 4 heterocycles. The number of carbonyl (C=O) groups is 2. The van der Waals surface area contributed by atoms with Crippen LogP contribution in [0.3, 0.4) is 0 Å². The molecule has 256 valence electrons. The minimum Gasteiger partial charge on any atom is -0.364 e. The quantitative estimate of drug-likeness (QED) is 0.184. The van der Waals surface area contributed by atoms with Gasteiger partial charge >= 0.3 is 0 Å². The summed E-state index contributed by atoms with van der Waals surface area (Å²) in [5, 5.41) is 11.2. The summed E-state index contributed by atoms with van der Waals surface area (Å²) in [5.74, 6) is -0.545. The van der Waals surface area contributed by atoms with Crippen LogP contribution in [0.4, 0.5) is 14.5 Å². The number of amides is 2. The molecule has 2 aliphatic heterocycles. The van der Waals surface area contributed by atoms with Crippen LogP contribution in [-0.2, 0) is 14.3 Å². The van der Waals surface area contributed by atoms with Gasteiger partial charge in [0, 0.05) is 72.9 Å². The van der Waals surface area contributed by atoms with Gasteiger partial charge in [-0.3, -0.25) is 19.6 Å². The lowest BCUT2D eigenvalue weighted by Gasteiger charge is -2.30. The van der Waals surface area contributed by atoms with Crippen molar-refractivity contribution in [1.82, 2.24) is 30.0 Å². The summed E-state index contributed by atoms with van der Waals surface area (Å²) in [5.41, 5.74) is 3.62. The van der Waals surface area contributed by atoms with Crippen LogP contribution in [0.25, 0.3) is 39.1 Å². The molecule has 0 aliphatic carbocycles. The average molecular weight is 678 g/mol. The maximum Gasteiger partial charge on any atom is 0.258 e. The molecule has 0 spiro atoms. The Morgan fingerprint density at radius 3 is 2.54 bits per heavy atom. The molecule has 7 rings (SSSR count). The Morgan fingerprint density at radius 2 is 1.80 bits per heavy atom. The summed E-state index contributed by atoms with van der Waals surface area (Å²) in [6.07, 6.45) is 6.85. The first-order chi connectivity index (χ1) is 24.3. The summed E-state index contributed by atoms with van der Waals surface area (Å²) in [6.45, 7) is 4.18. The number of rotatable bonds is 10. The lowest BCUT2D eigenvalue weighted by molar-refractivity contribution is -0.141. The number of hydrogen-bond donors (Lipinski definition) is 2. The Morgan fingerprint density at radius 1 is 1.00 bits per heavy atom. The molecule has 2 aromatic heterocycles. The third-order valence-electron chi connectivity index (χ3n) is 9.31. The number of carbonyl (C=O) groups excluding carboxylic acids is 2. The van der Waals surface area contributed by atoms with Crippen LogP contribution >= 0.6 is 0 Å². The van der Waals surface area contributed by atoms with Crippen LogP contribution in [0.15, 0.2) is 85.2 Å². The van der Waals surface area contributed by atoms with Gasteiger partial charge in [0.1, 0.15) is 11.6 Å². The molecule has 1 unspecified atom stereocenters. The standard InChI is InChI=1S/C38H37F2N7O3/c1-2-20-50-38(37(49)43-29-9-11-33-31(22-29)35(45-44-33)26-4-7-28(39)8-5-26)14-19-46(24-38)23-34(48)47-17-12-25(13-18-47)30-10-6-27(21-32(30)40)36-41-15-3-16-42-36/h3-12,15-16,21-22H,2,13-14,17-20,23-24H2,1H3,(H,43,49)(H,44,45). The molecule has 10 nitrogen and oxygen atoms in total. The fourth-order valence-corrected chi connectivity index (χ4v) is 6.62. The maximum atomic E-state index is 15.1. The largest absolute Gasteiger partial charge is 0.364 e. The van der Waals surface area contributed by atoms with E-state index in [1.807, 2.05) is 36.1 Å². The van der Waals surface area contributed by atoms with Gasteiger partial charge in [-0.2, -0.15) is 5.10 Å². The number of hydrogen-bond acceptors (Lipinski definition) is 7. The number of aromatic amines is 1. The normalized spacial score (nSPS) is 18.0. The highest BCUT2D eigenvalue weighted by molar-refractivity contribution is 6.01. The van der Waals surface area contributed by atoms with Gasteiger partial charge in [-0.15, -0.1) is 0 Å². The number of nitrogens with one attached hydrogen (secondary N) is 2. The lowest BCUT2D eigenvalue weighted by atomic mass is 9.97. The molecule has 0 bridgehead atoms. The first-order valence-electron chi connectivity index (χ1n) is 16.8. The Bertz CT molecular complexity index is 2050. The molecular formula is C38H37F2N7O3. The highest BCUT2D eigenvalue weighted by Crippen LogP contribution is 2.32. The molecule has 1 saturated heterocycles. The minimum atomic E-state index is -1.12. The van der Waals surface area contributed by atoms with Crippen molar-refractivity contribution in [2.75, 3.05) is 44.6 Å². The van der Waals surface area contributed by atoms with E-state index in [0.29, 0.717) is 67.4 Å². The second kappa shape index (κ2) is 14.3. The molecule has 50 heavy (non-hydrogen) atoms. The fourth-order valence-electron chi connectivity index (χ4n) is 6.62. The van der Waals surface area contributed by atoms with Crippen molar-refractivity contribution in [3.05, 3.63) is 102 Å². The van der Waals surface area contributed by atoms with Gasteiger partial charge in [0.25, 0.3) is 5.91 Å². The van der Waals surface area contributed by atoms with Crippen LogP contribution in [0.2, 0.25) is 0 Å². The van der Waals surface area contributed by atoms with Crippen molar-refractivity contribution in [3.8, 4) is 22.6 Å². The molecule has 0 saturated carbocycles. The molecule has 2 aliphatic rings. The fraction of sp³-hybridized carbons (Fsp3) is 0.289. The number of halogens is 2. The average Bonchev–Trinajstić information content (AvgIpc) is 3.76. The summed E-state index contributed by atoms with van der Waals surface area (Å²) >= 11 is 0. The van der Waals surface area contributed by atoms with Crippen molar-refractivity contribution < 1.29 is 23.1 Å². The van der Waals surface area contributed by atoms with Gasteiger partial charge in [0.05, 0.1) is 17.8 Å². The van der Waals surface area contributed by atoms with E-state index >= 15 is 4.39 Å². The molecule has 1 atom stereocenters. The van der Waals surface area contributed by atoms with Crippen LogP contribution in [-0.4, -0.2) is 86.7 Å². The predicted octanol–water partition coefficient (Wildman–Crippen LogP) is 6.09. The highest BCUT2D eigenvalue weighted by atomic mass is 19.1. The van der Waals surface area contributed by atoms with Gasteiger partial charge in [0.2, 0.25) is 5.91 Å². The van der Waals surface area contributed by atoms with Crippen LogP contribution in [0.1, 0.15) is 31.7 Å². The zero-order valence-corrected chi connectivity index (χ0v) is 27.7. The number of nitrogens with zero attached hydrogens (tertiary/aromatic N) is 5. The molecule has 0 radical (unpaired) electrons. The van der Waals surface area contributed by atoms with Gasteiger partial charge < -0.3 is 15.0 Å². The molecule has 2 N–H and O–H groups in total. The summed E-state index contributed by atoms with van der Waals surface area (Å²) < 4.78 is 34.9. The summed E-state index contributed by atoms with van der Waals surface area (Å²) in [4.78, 5) is 39.4. The zero-order valence-electron chi connectivity index (χ0n) is 27.7. The van der Waals surface area contributed by atoms with E-state index in [4.69, 9.17) is 4.74 Å². The number of likely N-dealkylation sites (tertiary alicyclic amines) is 1. The maximum absolute atomic E-state index is 15.1. The topological polar surface area (TPSA) is 116 Å². The van der Waals surface area contributed by atoms with Crippen LogP contribution in [0, 0.1) is 11.6 Å². The molecule has 12 heteroatoms. The number of benzene rings is 3. The third-order valence-corrected chi connectivity index (χ3v) is 9.31. The smallest absolute Gasteiger partial charge is 0.258 e. The molecule has 2 amide bonds. The van der Waals surface area contributed by atoms with Crippen molar-refractivity contribution in [2.24, 2.45) is 0 Å². The summed E-state index contributed by atoms with van der Waals surface area (Å²) in [6, 6.07) is 18.3. The molecule has 5 aromatic rings. The van der Waals surface area contributed by atoms with E-state index in [2.05, 4.69) is 25.5 Å². The predicted molar refractivity (Wildman–Crippen MR) is 187 cm³/mol. The lowest BCUT2D eigenvalue weighted by Crippen LogP contribution is -2.49. The minimum absolute atomic E-state index is 0.0530. The van der Waals surface area contributed by atoms with Crippen molar-refractivity contribution in [3.63, 3.8) is 0 Å². The third kappa shape index (κ3) is 6.89. The van der Waals surface area contributed by atoms with Gasteiger partial charge in [-0.25, -0.2) is 18.7 Å². The zero-order chi connectivity index (χ0) is 34.7. The van der Waals surface area contributed by atoms with Gasteiger partial charge in [-0.05, 0) is 79.4 Å². The van der Waals surface area contributed by atoms with E-state index < -0.39 is 5.60 Å². The second-order valence-corrected chi connectivity index (χ2v) is 12.7. The van der Waals surface area contributed by atoms with E-state index in [-0.39, 0.29) is 36.5 Å². The number of fused-ring (bicyclic) bond motifs is 1. The van der Waals surface area contributed by atoms with Gasteiger partial charge in [-0.1, -0.05) is 25.1 Å². The first kappa shape index (κ1) is 33.2. The number of ether oxygens (including phenoxy) is 1. The SMILES string of the molecule is CCCOC1(C(=O)Nc2ccc3[nH]nc(-c4ccc(F)cc4)c3c2)CCN(CC(=O)N2CC=C(c3ccc(-c4ncccn4)cc3F)CC2)C1. The number of aromatic nitrogens is 4. The molecule has 1 fully saturated rings. The van der Waals surface area contributed by atoms with E-state index in [1.165, 1.54) is 18.2 Å². The van der Waals surface area contributed by atoms with Crippen LogP contribution in [0.5, 0.6) is 0 Å². The Hall–Kier alpha value is -5.33. The summed E-state index contributed by atoms with van der Waals surface area (Å²) in [7, 11) is 0. The van der Waals surface area contributed by atoms with Crippen molar-refractivity contribution in [2.45, 2.75) is 31.8 Å². The monoisotopic (exact) mass is 677 g/mol. The number of H-pyrrole nitrogens is 1. The molecule has 3 aromatic carbocycles. The van der Waals surface area contributed by atoms with Crippen molar-refractivity contribution >= 4 is 34.0 Å². The van der Waals surface area contributed by atoms with E-state index in [9.17, 15) is 14.0 Å². The van der Waals surface area contributed by atoms with Gasteiger partial charge in [0.15, 0.2) is 11.4 Å². The Labute approximate surface area is 288 Å². The second-order valence-electron chi connectivity index (χ2n) is 12.7. The van der Waals surface area contributed by atoms with E-state index in [1.54, 1.807) is 47.6 Å². The van der Waals surface area contributed by atoms with Crippen molar-refractivity contribution in [1.29, 1.82) is 0 Å². The van der Waals surface area contributed by atoms with Crippen LogP contribution < -0.4 is 5.32 Å². The molecular weight excluding hydrogens is 640 g/mol.